The number of aromatic nitrogens is 4. The molecule has 0 aliphatic rings. The fourth-order valence-electron chi connectivity index (χ4n) is 3.71. The Morgan fingerprint density at radius 3 is 2.55 bits per heavy atom. The molecule has 0 radical (unpaired) electrons. The molecule has 4 rings (SSSR count). The van der Waals surface area contributed by atoms with E-state index in [2.05, 4.69) is 32.0 Å². The normalized spacial score (nSPS) is 14.0. The first kappa shape index (κ1) is 26.1. The van der Waals surface area contributed by atoms with Crippen molar-refractivity contribution in [1.29, 1.82) is 5.26 Å². The molecule has 0 spiro atoms. The smallest absolute Gasteiger partial charge is 0.383 e. The molecule has 2 aromatic heterocycles. The van der Waals surface area contributed by atoms with Gasteiger partial charge < -0.3 is 10.6 Å². The molecule has 0 saturated carbocycles. The SMILES string of the molecule is [2H]C(Nc1cc(Cl)c2ncc(C#N)c(NCC(C)(C)C)c2c1)(c1cn(CC(F)(F)F)nn1)c1ccccc1Cl. The van der Waals surface area contributed by atoms with Crippen molar-refractivity contribution < 1.29 is 14.5 Å². The quantitative estimate of drug-likeness (QED) is 0.247. The van der Waals surface area contributed by atoms with Gasteiger partial charge in [-0.15, -0.1) is 5.10 Å². The molecule has 1 unspecified atom stereocenters. The fraction of sp³-hybridized carbons (Fsp3) is 0.308. The van der Waals surface area contributed by atoms with E-state index >= 15 is 0 Å². The Hall–Kier alpha value is -3.55. The number of halogens is 5. The average Bonchev–Trinajstić information content (AvgIpc) is 3.29. The average molecular weight is 563 g/mol. The van der Waals surface area contributed by atoms with Gasteiger partial charge in [0, 0.05) is 28.8 Å². The Balaban J connectivity index is 1.86. The first-order valence-corrected chi connectivity index (χ1v) is 12.2. The Morgan fingerprint density at radius 1 is 1.16 bits per heavy atom. The van der Waals surface area contributed by atoms with E-state index in [4.69, 9.17) is 23.2 Å². The van der Waals surface area contributed by atoms with Crippen LogP contribution in [0.25, 0.3) is 10.9 Å². The van der Waals surface area contributed by atoms with E-state index in [0.717, 1.165) is 6.20 Å². The second-order valence-electron chi connectivity index (χ2n) is 9.82. The van der Waals surface area contributed by atoms with E-state index in [1.165, 1.54) is 12.3 Å². The highest BCUT2D eigenvalue weighted by Crippen LogP contribution is 2.37. The number of nitrogens with zero attached hydrogens (tertiary/aromatic N) is 5. The van der Waals surface area contributed by atoms with E-state index in [1.807, 2.05) is 20.8 Å². The Bertz CT molecular complexity index is 1560. The maximum Gasteiger partial charge on any atom is 0.408 e. The van der Waals surface area contributed by atoms with Gasteiger partial charge in [-0.25, -0.2) is 4.68 Å². The zero-order valence-electron chi connectivity index (χ0n) is 21.7. The predicted octanol–water partition coefficient (Wildman–Crippen LogP) is 7.23. The summed E-state index contributed by atoms with van der Waals surface area (Å²) in [4.78, 5) is 4.34. The third-order valence-electron chi connectivity index (χ3n) is 5.39. The van der Waals surface area contributed by atoms with Gasteiger partial charge in [0.1, 0.15) is 18.3 Å². The van der Waals surface area contributed by atoms with Gasteiger partial charge in [0.2, 0.25) is 0 Å². The largest absolute Gasteiger partial charge is 0.408 e. The Kier molecular flexibility index (Phi) is 7.32. The number of nitrogens with one attached hydrogen (secondary N) is 2. The maximum absolute atomic E-state index is 13.0. The number of pyridine rings is 1. The summed E-state index contributed by atoms with van der Waals surface area (Å²) in [6.07, 6.45) is -2.05. The minimum atomic E-state index is -4.53. The first-order valence-electron chi connectivity index (χ1n) is 12.0. The predicted molar refractivity (Wildman–Crippen MR) is 142 cm³/mol. The molecule has 0 saturated heterocycles. The standard InChI is InChI=1S/C26H24Cl2F3N7/c1-25(2,3)13-34-22-15(10-32)11-33-23-18(22)8-16(9-20(23)28)35-24(17-6-4-5-7-19(17)27)21-12-38(37-36-21)14-26(29,30)31/h4-9,11-12,24,35H,13-14H2,1-3H3,(H,33,34)/i24D. The monoisotopic (exact) mass is 562 g/mol. The highest BCUT2D eigenvalue weighted by atomic mass is 35.5. The summed E-state index contributed by atoms with van der Waals surface area (Å²) < 4.78 is 49.0. The number of rotatable bonds is 7. The van der Waals surface area contributed by atoms with E-state index in [-0.39, 0.29) is 26.7 Å². The number of anilines is 2. The number of benzene rings is 2. The van der Waals surface area contributed by atoms with Gasteiger partial charge in [-0.2, -0.15) is 18.4 Å². The number of hydrogen-bond donors (Lipinski definition) is 2. The van der Waals surface area contributed by atoms with E-state index in [0.29, 0.717) is 39.1 Å². The van der Waals surface area contributed by atoms with Gasteiger partial charge in [-0.1, -0.05) is 67.4 Å². The van der Waals surface area contributed by atoms with Crippen molar-refractivity contribution in [2.45, 2.75) is 39.5 Å². The molecule has 0 bridgehead atoms. The van der Waals surface area contributed by atoms with Crippen LogP contribution < -0.4 is 10.6 Å². The molecular weight excluding hydrogens is 538 g/mol. The molecule has 1 atom stereocenters. The minimum absolute atomic E-state index is 0.107. The third-order valence-corrected chi connectivity index (χ3v) is 6.01. The Morgan fingerprint density at radius 2 is 1.89 bits per heavy atom. The van der Waals surface area contributed by atoms with Crippen molar-refractivity contribution in [3.05, 3.63) is 75.7 Å². The van der Waals surface area contributed by atoms with Crippen LogP contribution in [0.4, 0.5) is 24.5 Å². The second-order valence-corrected chi connectivity index (χ2v) is 10.6. The maximum atomic E-state index is 13.0. The first-order chi connectivity index (χ1) is 18.2. The van der Waals surface area contributed by atoms with Crippen LogP contribution >= 0.6 is 23.2 Å². The molecule has 198 valence electrons. The second kappa shape index (κ2) is 10.7. The van der Waals surface area contributed by atoms with Gasteiger partial charge in [-0.3, -0.25) is 4.98 Å². The number of alkyl halides is 3. The summed E-state index contributed by atoms with van der Waals surface area (Å²) in [5, 5.41) is 24.5. The fourth-order valence-corrected chi connectivity index (χ4v) is 4.21. The summed E-state index contributed by atoms with van der Waals surface area (Å²) in [6, 6.07) is 9.83. The molecule has 0 aliphatic heterocycles. The number of hydrogen-bond acceptors (Lipinski definition) is 6. The van der Waals surface area contributed by atoms with Crippen LogP contribution in [0.2, 0.25) is 10.0 Å². The lowest BCUT2D eigenvalue weighted by Gasteiger charge is -2.22. The van der Waals surface area contributed by atoms with E-state index in [9.17, 15) is 19.8 Å². The van der Waals surface area contributed by atoms with Gasteiger partial charge in [-0.05, 0) is 29.2 Å². The highest BCUT2D eigenvalue weighted by Gasteiger charge is 2.30. The lowest BCUT2D eigenvalue weighted by molar-refractivity contribution is -0.142. The zero-order chi connectivity index (χ0) is 28.6. The number of fused-ring (bicyclic) bond motifs is 1. The van der Waals surface area contributed by atoms with Crippen molar-refractivity contribution in [1.82, 2.24) is 20.0 Å². The van der Waals surface area contributed by atoms with E-state index in [1.54, 1.807) is 30.3 Å². The van der Waals surface area contributed by atoms with Gasteiger partial charge in [0.25, 0.3) is 0 Å². The van der Waals surface area contributed by atoms with Crippen LogP contribution in [0, 0.1) is 16.7 Å². The molecule has 0 aliphatic carbocycles. The molecule has 4 aromatic rings. The van der Waals surface area contributed by atoms with Crippen molar-refractivity contribution in [3.8, 4) is 6.07 Å². The van der Waals surface area contributed by atoms with Crippen LogP contribution in [0.3, 0.4) is 0 Å². The summed E-state index contributed by atoms with van der Waals surface area (Å²) in [5.74, 6) is 0. The van der Waals surface area contributed by atoms with Crippen LogP contribution in [0.5, 0.6) is 0 Å². The van der Waals surface area contributed by atoms with Gasteiger partial charge in [0.05, 0.1) is 35.4 Å². The van der Waals surface area contributed by atoms with Crippen LogP contribution in [0.15, 0.2) is 48.8 Å². The van der Waals surface area contributed by atoms with Crippen molar-refractivity contribution in [3.63, 3.8) is 0 Å². The topological polar surface area (TPSA) is 91.5 Å². The lowest BCUT2D eigenvalue weighted by Crippen LogP contribution is -2.20. The molecule has 38 heavy (non-hydrogen) atoms. The number of nitriles is 1. The zero-order valence-corrected chi connectivity index (χ0v) is 22.2. The molecule has 2 aromatic carbocycles. The molecule has 0 fully saturated rings. The Labute approximate surface area is 229 Å². The lowest BCUT2D eigenvalue weighted by atomic mass is 9.96. The van der Waals surface area contributed by atoms with Gasteiger partial charge >= 0.3 is 6.18 Å². The minimum Gasteiger partial charge on any atom is -0.383 e. The van der Waals surface area contributed by atoms with Crippen molar-refractivity contribution in [2.75, 3.05) is 17.2 Å². The summed E-state index contributed by atoms with van der Waals surface area (Å²) in [5.41, 5.74) is 1.59. The molecule has 0 amide bonds. The summed E-state index contributed by atoms with van der Waals surface area (Å²) >= 11 is 13.0. The van der Waals surface area contributed by atoms with Crippen molar-refractivity contribution in [2.24, 2.45) is 5.41 Å². The summed E-state index contributed by atoms with van der Waals surface area (Å²) in [7, 11) is 0. The van der Waals surface area contributed by atoms with Crippen LogP contribution in [-0.2, 0) is 6.54 Å². The van der Waals surface area contributed by atoms with Crippen LogP contribution in [-0.4, -0.2) is 32.7 Å². The molecular formula is C26H24Cl2F3N7. The molecule has 7 nitrogen and oxygen atoms in total. The van der Waals surface area contributed by atoms with E-state index < -0.39 is 18.7 Å². The van der Waals surface area contributed by atoms with Crippen molar-refractivity contribution >= 4 is 45.5 Å². The van der Waals surface area contributed by atoms with Crippen LogP contribution in [0.1, 0.15) is 45.0 Å². The molecule has 2 heterocycles. The third kappa shape index (κ3) is 6.47. The summed E-state index contributed by atoms with van der Waals surface area (Å²) in [6.45, 7) is 5.30. The highest BCUT2D eigenvalue weighted by molar-refractivity contribution is 6.36. The molecule has 12 heteroatoms. The van der Waals surface area contributed by atoms with Gasteiger partial charge in [0.15, 0.2) is 0 Å². The molecule has 2 N–H and O–H groups in total.